The Morgan fingerprint density at radius 2 is 1.51 bits per heavy atom. The van der Waals surface area contributed by atoms with Crippen molar-refractivity contribution in [2.24, 2.45) is 11.8 Å². The van der Waals surface area contributed by atoms with Crippen LogP contribution in [0.4, 0.5) is 13.2 Å². The van der Waals surface area contributed by atoms with Gasteiger partial charge in [-0.2, -0.15) is 0 Å². The minimum Gasteiger partial charge on any atom is -0.462 e. The third-order valence-electron chi connectivity index (χ3n) is 9.54. The molecule has 3 aromatic carbocycles. The average Bonchev–Trinajstić information content (AvgIpc) is 3.09. The second-order valence-corrected chi connectivity index (χ2v) is 13.1. The molecule has 0 heterocycles. The second-order valence-electron chi connectivity index (χ2n) is 13.1. The van der Waals surface area contributed by atoms with E-state index in [1.54, 1.807) is 19.1 Å². The fourth-order valence-electron chi connectivity index (χ4n) is 6.62. The number of esters is 2. The number of hydrogen-bond donors (Lipinski definition) is 1. The van der Waals surface area contributed by atoms with E-state index in [2.05, 4.69) is 20.1 Å². The number of ether oxygens (including phenoxy) is 2. The molecule has 3 aromatic rings. The van der Waals surface area contributed by atoms with Crippen molar-refractivity contribution < 1.29 is 37.3 Å². The van der Waals surface area contributed by atoms with Crippen LogP contribution in [-0.2, 0) is 25.5 Å². The Morgan fingerprint density at radius 1 is 0.857 bits per heavy atom. The van der Waals surface area contributed by atoms with Gasteiger partial charge in [-0.05, 0) is 110 Å². The van der Waals surface area contributed by atoms with E-state index in [9.17, 15) is 18.4 Å². The predicted molar refractivity (Wildman–Crippen MR) is 186 cm³/mol. The summed E-state index contributed by atoms with van der Waals surface area (Å²) in [4.78, 5) is 24.0. The Kier molecular flexibility index (Phi) is 13.8. The molecule has 1 N–H and O–H groups in total. The smallest absolute Gasteiger partial charge is 0.335 e. The first-order chi connectivity index (χ1) is 23.5. The molecule has 1 aliphatic carbocycles. The molecule has 5 nitrogen and oxygen atoms in total. The quantitative estimate of drug-likeness (QED) is 0.0930. The number of halogens is 3. The monoisotopic (exact) mass is 676 g/mol. The minimum atomic E-state index is -0.690. The fourth-order valence-corrected chi connectivity index (χ4v) is 6.62. The summed E-state index contributed by atoms with van der Waals surface area (Å²) in [6.07, 6.45) is 7.57. The number of aliphatic hydroxyl groups is 1. The van der Waals surface area contributed by atoms with Crippen molar-refractivity contribution in [2.45, 2.75) is 77.6 Å². The van der Waals surface area contributed by atoms with Crippen LogP contribution in [0.2, 0.25) is 0 Å². The molecule has 49 heavy (non-hydrogen) atoms. The maximum Gasteiger partial charge on any atom is 0.335 e. The lowest BCUT2D eigenvalue weighted by molar-refractivity contribution is -0.144. The summed E-state index contributed by atoms with van der Waals surface area (Å²) in [5.74, 6) is -2.49. The molecule has 0 radical (unpaired) electrons. The highest BCUT2D eigenvalue weighted by molar-refractivity contribution is 5.88. The largest absolute Gasteiger partial charge is 0.462 e. The van der Waals surface area contributed by atoms with Crippen molar-refractivity contribution >= 4 is 11.9 Å². The van der Waals surface area contributed by atoms with Crippen LogP contribution < -0.4 is 0 Å². The summed E-state index contributed by atoms with van der Waals surface area (Å²) >= 11 is 0. The van der Waals surface area contributed by atoms with Gasteiger partial charge in [0.05, 0.1) is 31.0 Å². The van der Waals surface area contributed by atoms with E-state index in [1.165, 1.54) is 18.2 Å². The molecule has 0 aromatic heterocycles. The van der Waals surface area contributed by atoms with E-state index in [-0.39, 0.29) is 41.7 Å². The lowest BCUT2D eigenvalue weighted by Gasteiger charge is -2.34. The first-order valence-electron chi connectivity index (χ1n) is 17.2. The van der Waals surface area contributed by atoms with Gasteiger partial charge in [0.2, 0.25) is 0 Å². The fraction of sp³-hybridized carbons (Fsp3) is 0.415. The zero-order valence-corrected chi connectivity index (χ0v) is 28.5. The number of carbonyl (C=O) groups excluding carboxylic acids is 2. The van der Waals surface area contributed by atoms with Gasteiger partial charge in [0.15, 0.2) is 0 Å². The van der Waals surface area contributed by atoms with Crippen molar-refractivity contribution in [3.63, 3.8) is 0 Å². The number of aliphatic hydroxyl groups excluding tert-OH is 1. The summed E-state index contributed by atoms with van der Waals surface area (Å²) in [5.41, 5.74) is 3.01. The van der Waals surface area contributed by atoms with Crippen molar-refractivity contribution in [1.29, 1.82) is 0 Å². The van der Waals surface area contributed by atoms with E-state index < -0.39 is 36.0 Å². The van der Waals surface area contributed by atoms with Crippen molar-refractivity contribution in [3.8, 4) is 22.3 Å². The van der Waals surface area contributed by atoms with Crippen LogP contribution in [0.25, 0.3) is 22.3 Å². The van der Waals surface area contributed by atoms with E-state index in [0.717, 1.165) is 50.5 Å². The van der Waals surface area contributed by atoms with Crippen LogP contribution >= 0.6 is 0 Å². The molecule has 1 atom stereocenters. The van der Waals surface area contributed by atoms with E-state index in [1.807, 2.05) is 24.3 Å². The summed E-state index contributed by atoms with van der Waals surface area (Å²) in [6, 6.07) is 14.8. The van der Waals surface area contributed by atoms with E-state index in [0.29, 0.717) is 41.0 Å². The van der Waals surface area contributed by atoms with Gasteiger partial charge in [-0.25, -0.2) is 22.8 Å². The van der Waals surface area contributed by atoms with Crippen molar-refractivity contribution in [3.05, 3.63) is 107 Å². The summed E-state index contributed by atoms with van der Waals surface area (Å²) < 4.78 is 56.0. The maximum absolute atomic E-state index is 15.4. The second kappa shape index (κ2) is 18.0. The number of rotatable bonds is 16. The number of unbranched alkanes of at least 4 members (excludes halogenated alkanes) is 2. The average molecular weight is 677 g/mol. The standard InChI is InChI=1S/C41H47F3O5/c1-5-6-7-8-28-21-37(43)39(38(44)22-28)33-17-18-35(36(42)23-33)32-15-13-30(14-16-32)29-9-11-31(12-10-29)34(25-49-40(46)26(2)3)19-20-48-41(47)27(4)24-45/h13-18,21-23,29,31,34,45H,2,4-12,19-20,24-25H2,1,3H3. The van der Waals surface area contributed by atoms with Crippen molar-refractivity contribution in [1.82, 2.24) is 0 Å². The van der Waals surface area contributed by atoms with E-state index in [4.69, 9.17) is 14.6 Å². The molecule has 1 saturated carbocycles. The summed E-state index contributed by atoms with van der Waals surface area (Å²) in [7, 11) is 0. The van der Waals surface area contributed by atoms with E-state index >= 15 is 4.39 Å². The van der Waals surface area contributed by atoms with Gasteiger partial charge >= 0.3 is 11.9 Å². The zero-order chi connectivity index (χ0) is 35.5. The Morgan fingerprint density at radius 3 is 2.10 bits per heavy atom. The maximum atomic E-state index is 15.4. The van der Waals surface area contributed by atoms with Crippen LogP contribution in [-0.4, -0.2) is 36.9 Å². The van der Waals surface area contributed by atoms with Gasteiger partial charge in [-0.15, -0.1) is 0 Å². The molecular weight excluding hydrogens is 629 g/mol. The normalized spacial score (nSPS) is 16.5. The first kappa shape index (κ1) is 37.6. The van der Waals surface area contributed by atoms with Crippen LogP contribution in [0.5, 0.6) is 0 Å². The highest BCUT2D eigenvalue weighted by Gasteiger charge is 2.30. The highest BCUT2D eigenvalue weighted by atomic mass is 19.1. The van der Waals surface area contributed by atoms with Gasteiger partial charge < -0.3 is 14.6 Å². The summed E-state index contributed by atoms with van der Waals surface area (Å²) in [6.45, 7) is 10.6. The molecular formula is C41H47F3O5. The SMILES string of the molecule is C=C(C)C(=O)OCC(CCOC(=O)C(=C)CO)C1CCC(c2ccc(-c3ccc(-c4c(F)cc(CCCCC)cc4F)cc3F)cc2)CC1. The Hall–Kier alpha value is -4.17. The molecule has 262 valence electrons. The molecule has 0 aliphatic heterocycles. The number of hydrogen-bond acceptors (Lipinski definition) is 5. The Balaban J connectivity index is 1.39. The lowest BCUT2D eigenvalue weighted by atomic mass is 9.73. The number of benzene rings is 3. The van der Waals surface area contributed by atoms with Crippen molar-refractivity contribution in [2.75, 3.05) is 19.8 Å². The van der Waals surface area contributed by atoms with Gasteiger partial charge in [-0.1, -0.05) is 69.3 Å². The topological polar surface area (TPSA) is 72.8 Å². The molecule has 0 spiro atoms. The Bertz CT molecular complexity index is 1600. The molecule has 1 fully saturated rings. The number of aryl methyl sites for hydroxylation is 1. The van der Waals surface area contributed by atoms with Crippen LogP contribution in [0.15, 0.2) is 78.9 Å². The molecule has 1 unspecified atom stereocenters. The van der Waals surface area contributed by atoms with Gasteiger partial charge in [0, 0.05) is 11.1 Å². The molecule has 0 bridgehead atoms. The molecule has 8 heteroatoms. The molecule has 0 amide bonds. The molecule has 0 saturated heterocycles. The summed E-state index contributed by atoms with van der Waals surface area (Å²) in [5, 5.41) is 9.11. The predicted octanol–water partition coefficient (Wildman–Crippen LogP) is 9.66. The first-order valence-corrected chi connectivity index (χ1v) is 17.2. The van der Waals surface area contributed by atoms with Crippen LogP contribution in [0.3, 0.4) is 0 Å². The third kappa shape index (κ3) is 10.2. The Labute approximate surface area is 287 Å². The van der Waals surface area contributed by atoms with Crippen LogP contribution in [0, 0.1) is 29.3 Å². The van der Waals surface area contributed by atoms with Gasteiger partial charge in [0.25, 0.3) is 0 Å². The van der Waals surface area contributed by atoms with Crippen LogP contribution in [0.1, 0.15) is 82.3 Å². The zero-order valence-electron chi connectivity index (χ0n) is 28.5. The highest BCUT2D eigenvalue weighted by Crippen LogP contribution is 2.41. The molecule has 1 aliphatic rings. The van der Waals surface area contributed by atoms with Gasteiger partial charge in [-0.3, -0.25) is 0 Å². The third-order valence-corrected chi connectivity index (χ3v) is 9.54. The minimum absolute atomic E-state index is 0.0130. The lowest BCUT2D eigenvalue weighted by Crippen LogP contribution is -2.27. The number of carbonyl (C=O) groups is 2. The van der Waals surface area contributed by atoms with Gasteiger partial charge in [0.1, 0.15) is 17.5 Å². The molecule has 4 rings (SSSR count).